The highest BCUT2D eigenvalue weighted by molar-refractivity contribution is 5.99. The molecule has 182 valence electrons. The second-order valence-electron chi connectivity index (χ2n) is 7.61. The molecule has 7 N–H and O–H groups in total. The number of nitrogens with zero attached hydrogens (tertiary/aromatic N) is 1. The van der Waals surface area contributed by atoms with E-state index in [1.165, 1.54) is 6.07 Å². The van der Waals surface area contributed by atoms with Crippen LogP contribution in [-0.4, -0.2) is 42.9 Å². The van der Waals surface area contributed by atoms with E-state index in [9.17, 15) is 14.4 Å². The SMILES string of the molecule is Cc1cc(=O)oc2cc(NC(=O)[C@H](CCCN=C(N)N)NC(=O)[C@@H]3CCCN3)ccc12.Cl.Cl. The molecule has 33 heavy (non-hydrogen) atoms. The number of nitrogens with one attached hydrogen (secondary N) is 3. The number of nitrogens with two attached hydrogens (primary N) is 2. The van der Waals surface area contributed by atoms with Crippen molar-refractivity contribution in [1.29, 1.82) is 0 Å². The van der Waals surface area contributed by atoms with Crippen LogP contribution in [0.25, 0.3) is 11.0 Å². The third-order valence-corrected chi connectivity index (χ3v) is 5.17. The lowest BCUT2D eigenvalue weighted by Crippen LogP contribution is -2.49. The largest absolute Gasteiger partial charge is 0.423 e. The number of halogens is 2. The van der Waals surface area contributed by atoms with Crippen LogP contribution in [0.1, 0.15) is 31.2 Å². The number of hydrogen-bond donors (Lipinski definition) is 5. The molecule has 0 aliphatic carbocycles. The summed E-state index contributed by atoms with van der Waals surface area (Å²) in [6.07, 6.45) is 2.53. The minimum Gasteiger partial charge on any atom is -0.423 e. The normalized spacial score (nSPS) is 15.6. The molecule has 0 saturated carbocycles. The molecule has 0 unspecified atom stereocenters. The van der Waals surface area contributed by atoms with Gasteiger partial charge in [-0.2, -0.15) is 0 Å². The number of aliphatic imine (C=N–C) groups is 1. The number of guanidine groups is 1. The van der Waals surface area contributed by atoms with Gasteiger partial charge in [-0.3, -0.25) is 14.6 Å². The number of fused-ring (bicyclic) bond motifs is 1. The van der Waals surface area contributed by atoms with Gasteiger partial charge < -0.3 is 31.8 Å². The van der Waals surface area contributed by atoms with Crippen LogP contribution in [0, 0.1) is 6.92 Å². The summed E-state index contributed by atoms with van der Waals surface area (Å²) in [5.74, 6) is -0.599. The highest BCUT2D eigenvalue weighted by Gasteiger charge is 2.27. The Balaban J connectivity index is 0.00000272. The molecule has 10 nitrogen and oxygen atoms in total. The van der Waals surface area contributed by atoms with Crippen LogP contribution in [0.2, 0.25) is 0 Å². The van der Waals surface area contributed by atoms with E-state index in [0.29, 0.717) is 30.7 Å². The fraction of sp³-hybridized carbons (Fsp3) is 0.429. The van der Waals surface area contributed by atoms with Gasteiger partial charge in [0.1, 0.15) is 11.6 Å². The van der Waals surface area contributed by atoms with Gasteiger partial charge in [0, 0.05) is 29.8 Å². The van der Waals surface area contributed by atoms with Gasteiger partial charge >= 0.3 is 5.63 Å². The highest BCUT2D eigenvalue weighted by Crippen LogP contribution is 2.21. The molecule has 3 rings (SSSR count). The van der Waals surface area contributed by atoms with Crippen molar-refractivity contribution in [2.45, 2.75) is 44.7 Å². The monoisotopic (exact) mass is 500 g/mol. The Bertz CT molecular complexity index is 1050. The van der Waals surface area contributed by atoms with E-state index in [4.69, 9.17) is 15.9 Å². The summed E-state index contributed by atoms with van der Waals surface area (Å²) < 4.78 is 5.24. The summed E-state index contributed by atoms with van der Waals surface area (Å²) in [5.41, 5.74) is 11.9. The van der Waals surface area contributed by atoms with Crippen molar-refractivity contribution in [3.8, 4) is 0 Å². The molecule has 12 heteroatoms. The molecule has 1 aromatic carbocycles. The Hall–Kier alpha value is -2.82. The van der Waals surface area contributed by atoms with Crippen LogP contribution in [0.5, 0.6) is 0 Å². The number of carbonyl (C=O) groups is 2. The maximum atomic E-state index is 12.9. The molecular weight excluding hydrogens is 471 g/mol. The molecular formula is C21H30Cl2N6O4. The predicted octanol–water partition coefficient (Wildman–Crippen LogP) is 1.17. The van der Waals surface area contributed by atoms with E-state index in [2.05, 4.69) is 20.9 Å². The van der Waals surface area contributed by atoms with E-state index in [0.717, 1.165) is 30.3 Å². The van der Waals surface area contributed by atoms with Crippen molar-refractivity contribution < 1.29 is 14.0 Å². The van der Waals surface area contributed by atoms with Gasteiger partial charge in [-0.05, 0) is 56.8 Å². The molecule has 0 bridgehead atoms. The first-order chi connectivity index (χ1) is 14.8. The van der Waals surface area contributed by atoms with Gasteiger partial charge in [-0.15, -0.1) is 24.8 Å². The lowest BCUT2D eigenvalue weighted by Gasteiger charge is -2.20. The third kappa shape index (κ3) is 7.92. The Morgan fingerprint density at radius 1 is 1.27 bits per heavy atom. The summed E-state index contributed by atoms with van der Waals surface area (Å²) in [6, 6.07) is 5.45. The molecule has 0 spiro atoms. The van der Waals surface area contributed by atoms with Crippen LogP contribution in [-0.2, 0) is 9.59 Å². The number of hydrogen-bond acceptors (Lipinski definition) is 6. The lowest BCUT2D eigenvalue weighted by molar-refractivity contribution is -0.127. The molecule has 2 atom stereocenters. The molecule has 2 aromatic rings. The zero-order chi connectivity index (χ0) is 22.4. The molecule has 1 aliphatic rings. The Morgan fingerprint density at radius 3 is 2.70 bits per heavy atom. The van der Waals surface area contributed by atoms with Gasteiger partial charge in [0.05, 0.1) is 6.04 Å². The molecule has 0 radical (unpaired) electrons. The number of anilines is 1. The number of amides is 2. The smallest absolute Gasteiger partial charge is 0.336 e. The number of aryl methyl sites for hydroxylation is 1. The van der Waals surface area contributed by atoms with Crippen LogP contribution in [0.3, 0.4) is 0 Å². The van der Waals surface area contributed by atoms with Crippen molar-refractivity contribution >= 4 is 59.2 Å². The van der Waals surface area contributed by atoms with Gasteiger partial charge in [0.25, 0.3) is 0 Å². The van der Waals surface area contributed by atoms with Crippen LogP contribution >= 0.6 is 24.8 Å². The van der Waals surface area contributed by atoms with Gasteiger partial charge in [0.15, 0.2) is 5.96 Å². The fourth-order valence-corrected chi connectivity index (χ4v) is 3.59. The number of carbonyl (C=O) groups excluding carboxylic acids is 2. The van der Waals surface area contributed by atoms with Crippen LogP contribution in [0.4, 0.5) is 5.69 Å². The Labute approximate surface area is 203 Å². The average Bonchev–Trinajstić information content (AvgIpc) is 3.24. The van der Waals surface area contributed by atoms with Crippen molar-refractivity contribution in [2.75, 3.05) is 18.4 Å². The predicted molar refractivity (Wildman–Crippen MR) is 133 cm³/mol. The third-order valence-electron chi connectivity index (χ3n) is 5.17. The first-order valence-electron chi connectivity index (χ1n) is 10.3. The van der Waals surface area contributed by atoms with E-state index in [1.807, 2.05) is 6.92 Å². The maximum absolute atomic E-state index is 12.9. The standard InChI is InChI=1S/C21H28N6O4.2ClH/c1-12-10-18(28)31-17-11-13(6-7-14(12)17)26-20(30)16(5-3-9-25-21(22)23)27-19(29)15-4-2-8-24-15;;/h6-7,10-11,15-16,24H,2-5,8-9H2,1H3,(H,26,30)(H,27,29)(H4,22,23,25);2*1H/t15-,16-;;/m0../s1. The second kappa shape index (κ2) is 13.0. The summed E-state index contributed by atoms with van der Waals surface area (Å²) in [5, 5.41) is 9.53. The Kier molecular flexibility index (Phi) is 11.1. The molecule has 1 saturated heterocycles. The van der Waals surface area contributed by atoms with Gasteiger partial charge in [0.2, 0.25) is 11.8 Å². The van der Waals surface area contributed by atoms with E-state index >= 15 is 0 Å². The van der Waals surface area contributed by atoms with Crippen LogP contribution < -0.4 is 33.0 Å². The first kappa shape index (κ1) is 28.2. The molecule has 1 aliphatic heterocycles. The van der Waals surface area contributed by atoms with E-state index in [-0.39, 0.29) is 48.6 Å². The zero-order valence-electron chi connectivity index (χ0n) is 18.3. The van der Waals surface area contributed by atoms with E-state index < -0.39 is 11.7 Å². The van der Waals surface area contributed by atoms with Crippen molar-refractivity contribution in [1.82, 2.24) is 10.6 Å². The average molecular weight is 501 g/mol. The number of rotatable bonds is 8. The second-order valence-corrected chi connectivity index (χ2v) is 7.61. The minimum absolute atomic E-state index is 0. The topological polar surface area (TPSA) is 165 Å². The molecule has 2 heterocycles. The molecule has 2 amide bonds. The maximum Gasteiger partial charge on any atom is 0.336 e. The van der Waals surface area contributed by atoms with Crippen molar-refractivity contribution in [3.63, 3.8) is 0 Å². The summed E-state index contributed by atoms with van der Waals surface area (Å²) in [6.45, 7) is 2.95. The highest BCUT2D eigenvalue weighted by atomic mass is 35.5. The fourth-order valence-electron chi connectivity index (χ4n) is 3.59. The summed E-state index contributed by atoms with van der Waals surface area (Å²) in [7, 11) is 0. The van der Waals surface area contributed by atoms with Crippen LogP contribution in [0.15, 0.2) is 38.5 Å². The first-order valence-corrected chi connectivity index (χ1v) is 10.3. The van der Waals surface area contributed by atoms with Crippen molar-refractivity contribution in [3.05, 3.63) is 40.2 Å². The lowest BCUT2D eigenvalue weighted by atomic mass is 10.1. The molecule has 1 aromatic heterocycles. The molecule has 1 fully saturated rings. The quantitative estimate of drug-likeness (QED) is 0.157. The summed E-state index contributed by atoms with van der Waals surface area (Å²) >= 11 is 0. The van der Waals surface area contributed by atoms with E-state index in [1.54, 1.807) is 18.2 Å². The van der Waals surface area contributed by atoms with Gasteiger partial charge in [-0.25, -0.2) is 4.79 Å². The minimum atomic E-state index is -0.760. The summed E-state index contributed by atoms with van der Waals surface area (Å²) in [4.78, 5) is 41.0. The Morgan fingerprint density at radius 2 is 2.03 bits per heavy atom. The van der Waals surface area contributed by atoms with Gasteiger partial charge in [-0.1, -0.05) is 0 Å². The van der Waals surface area contributed by atoms with Crippen molar-refractivity contribution in [2.24, 2.45) is 16.5 Å². The zero-order valence-corrected chi connectivity index (χ0v) is 19.9. The number of benzene rings is 1.